The molecule has 0 saturated carbocycles. The molecule has 0 N–H and O–H groups in total. The minimum absolute atomic E-state index is 0.155. The maximum absolute atomic E-state index is 12.8. The van der Waals surface area contributed by atoms with Crippen LogP contribution in [0.4, 0.5) is 19.0 Å². The van der Waals surface area contributed by atoms with Crippen molar-refractivity contribution in [2.45, 2.75) is 38.4 Å². The van der Waals surface area contributed by atoms with Crippen LogP contribution >= 0.6 is 0 Å². The number of aryl methyl sites for hydroxylation is 1. The molecule has 1 atom stereocenters. The van der Waals surface area contributed by atoms with Crippen LogP contribution in [0.3, 0.4) is 0 Å². The van der Waals surface area contributed by atoms with Gasteiger partial charge in [-0.25, -0.2) is 4.98 Å². The lowest BCUT2D eigenvalue weighted by Crippen LogP contribution is -2.36. The average molecular weight is 325 g/mol. The number of piperidine rings is 1. The van der Waals surface area contributed by atoms with Gasteiger partial charge in [-0.1, -0.05) is 6.07 Å². The van der Waals surface area contributed by atoms with Crippen LogP contribution in [0.25, 0.3) is 0 Å². The summed E-state index contributed by atoms with van der Waals surface area (Å²) in [6, 6.07) is 4.03. The normalized spacial score (nSPS) is 19.1. The Morgan fingerprint density at radius 1 is 1.30 bits per heavy atom. The molecule has 0 amide bonds. The third-order valence-electron chi connectivity index (χ3n) is 4.12. The summed E-state index contributed by atoms with van der Waals surface area (Å²) >= 11 is 0. The van der Waals surface area contributed by atoms with Crippen molar-refractivity contribution >= 4 is 5.82 Å². The number of hydrogen-bond donors (Lipinski definition) is 0. The van der Waals surface area contributed by atoms with Crippen LogP contribution in [-0.4, -0.2) is 32.8 Å². The molecular formula is C15H18F3N5. The van der Waals surface area contributed by atoms with Gasteiger partial charge in [-0.2, -0.15) is 13.2 Å². The van der Waals surface area contributed by atoms with Crippen molar-refractivity contribution < 1.29 is 13.2 Å². The van der Waals surface area contributed by atoms with Gasteiger partial charge in [0, 0.05) is 25.6 Å². The number of nitrogens with zero attached hydrogens (tertiary/aromatic N) is 5. The van der Waals surface area contributed by atoms with Gasteiger partial charge in [0.25, 0.3) is 0 Å². The van der Waals surface area contributed by atoms with Crippen molar-refractivity contribution in [3.8, 4) is 0 Å². The Hall–Kier alpha value is -2.12. The molecule has 0 aliphatic carbocycles. The van der Waals surface area contributed by atoms with Crippen LogP contribution in [0.5, 0.6) is 0 Å². The Bertz CT molecular complexity index is 667. The third kappa shape index (κ3) is 3.30. The predicted molar refractivity (Wildman–Crippen MR) is 79.1 cm³/mol. The molecule has 2 aromatic heterocycles. The minimum atomic E-state index is -4.42. The zero-order valence-corrected chi connectivity index (χ0v) is 12.8. The maximum Gasteiger partial charge on any atom is 0.433 e. The van der Waals surface area contributed by atoms with Gasteiger partial charge in [0.1, 0.15) is 23.7 Å². The first kappa shape index (κ1) is 15.8. The summed E-state index contributed by atoms with van der Waals surface area (Å²) in [5.41, 5.74) is -0.853. The van der Waals surface area contributed by atoms with Crippen LogP contribution in [0.2, 0.25) is 0 Å². The molecule has 1 aliphatic heterocycles. The van der Waals surface area contributed by atoms with Gasteiger partial charge >= 0.3 is 6.18 Å². The number of aromatic nitrogens is 4. The highest BCUT2D eigenvalue weighted by atomic mass is 19.4. The van der Waals surface area contributed by atoms with Crippen LogP contribution in [-0.2, 0) is 12.7 Å². The predicted octanol–water partition coefficient (Wildman–Crippen LogP) is 3.10. The molecule has 23 heavy (non-hydrogen) atoms. The molecule has 3 heterocycles. The lowest BCUT2D eigenvalue weighted by atomic mass is 9.97. The van der Waals surface area contributed by atoms with Gasteiger partial charge in [0.15, 0.2) is 0 Å². The van der Waals surface area contributed by atoms with Gasteiger partial charge in [0.2, 0.25) is 0 Å². The molecule has 1 aliphatic rings. The van der Waals surface area contributed by atoms with E-state index in [2.05, 4.69) is 15.2 Å². The van der Waals surface area contributed by atoms with E-state index in [0.29, 0.717) is 18.9 Å². The largest absolute Gasteiger partial charge is 0.433 e. The Balaban J connectivity index is 1.81. The van der Waals surface area contributed by atoms with Crippen LogP contribution in [0.1, 0.15) is 37.2 Å². The standard InChI is InChI=1S/C15H18F3N5/c1-2-22-10-19-21-14(22)11-5-4-8-23(9-11)13-7-3-6-12(20-13)15(16,17)18/h3,6-7,10-11H,2,4-5,8-9H2,1H3/t11-/m1/s1. The Morgan fingerprint density at radius 2 is 2.13 bits per heavy atom. The summed E-state index contributed by atoms with van der Waals surface area (Å²) in [6.07, 6.45) is -0.891. The average Bonchev–Trinajstić information content (AvgIpc) is 3.03. The topological polar surface area (TPSA) is 46.8 Å². The second kappa shape index (κ2) is 6.17. The number of rotatable bonds is 3. The zero-order valence-electron chi connectivity index (χ0n) is 12.8. The fraction of sp³-hybridized carbons (Fsp3) is 0.533. The quantitative estimate of drug-likeness (QED) is 0.870. The molecule has 0 spiro atoms. The van der Waals surface area contributed by atoms with E-state index in [1.165, 1.54) is 6.07 Å². The van der Waals surface area contributed by atoms with E-state index in [0.717, 1.165) is 31.3 Å². The van der Waals surface area contributed by atoms with Crippen molar-refractivity contribution in [3.05, 3.63) is 36.0 Å². The molecule has 1 saturated heterocycles. The second-order valence-corrected chi connectivity index (χ2v) is 5.64. The summed E-state index contributed by atoms with van der Waals surface area (Å²) in [4.78, 5) is 5.69. The molecule has 1 fully saturated rings. The summed E-state index contributed by atoms with van der Waals surface area (Å²) < 4.78 is 40.5. The molecule has 0 radical (unpaired) electrons. The van der Waals surface area contributed by atoms with Crippen molar-refractivity contribution in [1.29, 1.82) is 0 Å². The van der Waals surface area contributed by atoms with Gasteiger partial charge in [-0.05, 0) is 31.9 Å². The summed E-state index contributed by atoms with van der Waals surface area (Å²) in [7, 11) is 0. The molecule has 0 aromatic carbocycles. The highest BCUT2D eigenvalue weighted by Gasteiger charge is 2.33. The SMILES string of the molecule is CCn1cnnc1[C@@H]1CCCN(c2cccc(C(F)(F)F)n2)C1. The summed E-state index contributed by atoms with van der Waals surface area (Å²) in [5.74, 6) is 1.42. The smallest absolute Gasteiger partial charge is 0.356 e. The summed E-state index contributed by atoms with van der Waals surface area (Å²) in [6.45, 7) is 4.10. The van der Waals surface area contributed by atoms with Gasteiger partial charge in [-0.3, -0.25) is 0 Å². The molecule has 3 rings (SSSR count). The van der Waals surface area contributed by atoms with Gasteiger partial charge < -0.3 is 9.47 Å². The van der Waals surface area contributed by atoms with Crippen molar-refractivity contribution in [1.82, 2.24) is 19.7 Å². The van der Waals surface area contributed by atoms with E-state index in [1.807, 2.05) is 16.4 Å². The van der Waals surface area contributed by atoms with Crippen LogP contribution in [0.15, 0.2) is 24.5 Å². The first-order valence-corrected chi connectivity index (χ1v) is 7.66. The van der Waals surface area contributed by atoms with Crippen LogP contribution in [0, 0.1) is 0 Å². The van der Waals surface area contributed by atoms with E-state index in [9.17, 15) is 13.2 Å². The summed E-state index contributed by atoms with van der Waals surface area (Å²) in [5, 5.41) is 8.12. The molecule has 0 bridgehead atoms. The Morgan fingerprint density at radius 3 is 2.87 bits per heavy atom. The molecule has 8 heteroatoms. The number of alkyl halides is 3. The van der Waals surface area contributed by atoms with Gasteiger partial charge in [-0.15, -0.1) is 10.2 Å². The van der Waals surface area contributed by atoms with E-state index in [4.69, 9.17) is 0 Å². The Kier molecular flexibility index (Phi) is 4.23. The third-order valence-corrected chi connectivity index (χ3v) is 4.12. The fourth-order valence-electron chi connectivity index (χ4n) is 2.98. The zero-order chi connectivity index (χ0) is 16.4. The first-order valence-electron chi connectivity index (χ1n) is 7.66. The highest BCUT2D eigenvalue weighted by molar-refractivity contribution is 5.41. The van der Waals surface area contributed by atoms with E-state index >= 15 is 0 Å². The van der Waals surface area contributed by atoms with Crippen LogP contribution < -0.4 is 4.90 Å². The number of halogens is 3. The molecule has 2 aromatic rings. The van der Waals surface area contributed by atoms with Gasteiger partial charge in [0.05, 0.1) is 0 Å². The van der Waals surface area contributed by atoms with E-state index in [-0.39, 0.29) is 5.92 Å². The lowest BCUT2D eigenvalue weighted by molar-refractivity contribution is -0.141. The monoisotopic (exact) mass is 325 g/mol. The molecule has 5 nitrogen and oxygen atoms in total. The first-order chi connectivity index (χ1) is 11.0. The molecule has 0 unspecified atom stereocenters. The van der Waals surface area contributed by atoms with Crippen molar-refractivity contribution in [2.75, 3.05) is 18.0 Å². The lowest BCUT2D eigenvalue weighted by Gasteiger charge is -2.33. The van der Waals surface area contributed by atoms with Crippen molar-refractivity contribution in [2.24, 2.45) is 0 Å². The van der Waals surface area contributed by atoms with E-state index < -0.39 is 11.9 Å². The highest BCUT2D eigenvalue weighted by Crippen LogP contribution is 2.31. The molecule has 124 valence electrons. The second-order valence-electron chi connectivity index (χ2n) is 5.64. The fourth-order valence-corrected chi connectivity index (χ4v) is 2.98. The van der Waals surface area contributed by atoms with Crippen molar-refractivity contribution in [3.63, 3.8) is 0 Å². The Labute approximate surface area is 132 Å². The minimum Gasteiger partial charge on any atom is -0.356 e. The molecular weight excluding hydrogens is 307 g/mol. The maximum atomic E-state index is 12.8. The number of pyridine rings is 1. The number of anilines is 1. The van der Waals surface area contributed by atoms with E-state index in [1.54, 1.807) is 12.4 Å². The number of hydrogen-bond acceptors (Lipinski definition) is 4.